The topological polar surface area (TPSA) is 120 Å². The van der Waals surface area contributed by atoms with Crippen molar-refractivity contribution in [2.24, 2.45) is 0 Å². The average Bonchev–Trinajstić information content (AvgIpc) is 3.15. The minimum Gasteiger partial charge on any atom is -0.398 e. The highest BCUT2D eigenvalue weighted by molar-refractivity contribution is 6.01. The molecule has 0 radical (unpaired) electrons. The third-order valence-electron chi connectivity index (χ3n) is 5.50. The summed E-state index contributed by atoms with van der Waals surface area (Å²) in [7, 11) is 0. The minimum atomic E-state index is -0.603. The van der Waals surface area contributed by atoms with Gasteiger partial charge in [-0.2, -0.15) is 5.10 Å². The SMILES string of the molecule is Cc1nn2cccnc2c1C(=O)N[C@H](C)c1nc2cccc(N)c2c(=O)n1-c1ccccc1. The van der Waals surface area contributed by atoms with E-state index < -0.39 is 6.04 Å². The van der Waals surface area contributed by atoms with Crippen molar-refractivity contribution < 1.29 is 4.79 Å². The van der Waals surface area contributed by atoms with E-state index in [0.29, 0.717) is 45.0 Å². The quantitative estimate of drug-likeness (QED) is 0.416. The van der Waals surface area contributed by atoms with E-state index in [9.17, 15) is 9.59 Å². The van der Waals surface area contributed by atoms with E-state index in [1.54, 1.807) is 55.0 Å². The van der Waals surface area contributed by atoms with Crippen LogP contribution in [0.1, 0.15) is 34.8 Å². The molecular weight excluding hydrogens is 418 g/mol. The zero-order valence-corrected chi connectivity index (χ0v) is 18.1. The van der Waals surface area contributed by atoms with E-state index in [1.807, 2.05) is 30.3 Å². The number of hydrogen-bond donors (Lipinski definition) is 2. The maximum atomic E-state index is 13.5. The summed E-state index contributed by atoms with van der Waals surface area (Å²) >= 11 is 0. The number of nitrogen functional groups attached to an aromatic ring is 1. The van der Waals surface area contributed by atoms with Gasteiger partial charge in [-0.05, 0) is 44.2 Å². The Labute approximate surface area is 188 Å². The second-order valence-electron chi connectivity index (χ2n) is 7.73. The molecule has 0 fully saturated rings. The van der Waals surface area contributed by atoms with Gasteiger partial charge in [0, 0.05) is 18.1 Å². The number of rotatable bonds is 4. The number of fused-ring (bicyclic) bond motifs is 2. The molecule has 0 aliphatic heterocycles. The summed E-state index contributed by atoms with van der Waals surface area (Å²) in [5.41, 5.74) is 8.65. The number of amides is 1. The van der Waals surface area contributed by atoms with Crippen molar-refractivity contribution in [3.63, 3.8) is 0 Å². The van der Waals surface area contributed by atoms with Gasteiger partial charge in [-0.1, -0.05) is 24.3 Å². The fourth-order valence-corrected chi connectivity index (χ4v) is 3.99. The van der Waals surface area contributed by atoms with Gasteiger partial charge in [0.25, 0.3) is 11.5 Å². The fraction of sp³-hybridized carbons (Fsp3) is 0.125. The number of nitrogens with two attached hydrogens (primary N) is 1. The van der Waals surface area contributed by atoms with Gasteiger partial charge < -0.3 is 11.1 Å². The lowest BCUT2D eigenvalue weighted by Gasteiger charge is -2.20. The number of carbonyl (C=O) groups is 1. The van der Waals surface area contributed by atoms with E-state index in [1.165, 1.54) is 4.57 Å². The van der Waals surface area contributed by atoms with Crippen LogP contribution in [0, 0.1) is 6.92 Å². The van der Waals surface area contributed by atoms with Crippen molar-refractivity contribution in [3.8, 4) is 5.69 Å². The zero-order chi connectivity index (χ0) is 23.1. The zero-order valence-electron chi connectivity index (χ0n) is 18.1. The van der Waals surface area contributed by atoms with Gasteiger partial charge in [0.2, 0.25) is 0 Å². The number of para-hydroxylation sites is 1. The summed E-state index contributed by atoms with van der Waals surface area (Å²) in [6, 6.07) is 15.5. The molecule has 0 saturated heterocycles. The third-order valence-corrected chi connectivity index (χ3v) is 5.50. The number of nitrogens with one attached hydrogen (secondary N) is 1. The first-order valence-corrected chi connectivity index (χ1v) is 10.4. The number of anilines is 1. The van der Waals surface area contributed by atoms with E-state index in [-0.39, 0.29) is 11.5 Å². The van der Waals surface area contributed by atoms with Gasteiger partial charge in [0.05, 0.1) is 28.3 Å². The van der Waals surface area contributed by atoms with E-state index >= 15 is 0 Å². The maximum absolute atomic E-state index is 13.5. The van der Waals surface area contributed by atoms with Crippen LogP contribution in [-0.4, -0.2) is 30.1 Å². The predicted molar refractivity (Wildman–Crippen MR) is 125 cm³/mol. The largest absolute Gasteiger partial charge is 0.398 e. The fourth-order valence-electron chi connectivity index (χ4n) is 3.99. The molecule has 164 valence electrons. The first kappa shape index (κ1) is 20.4. The Bertz CT molecular complexity index is 1570. The first-order valence-electron chi connectivity index (χ1n) is 10.4. The van der Waals surface area contributed by atoms with Gasteiger partial charge in [0.1, 0.15) is 11.4 Å². The van der Waals surface area contributed by atoms with Crippen LogP contribution in [0.3, 0.4) is 0 Å². The molecule has 5 rings (SSSR count). The normalized spacial score (nSPS) is 12.2. The van der Waals surface area contributed by atoms with Crippen LogP contribution in [0.2, 0.25) is 0 Å². The van der Waals surface area contributed by atoms with Crippen LogP contribution in [0.25, 0.3) is 22.2 Å². The minimum absolute atomic E-state index is 0.297. The molecule has 2 aromatic carbocycles. The number of benzene rings is 2. The highest BCUT2D eigenvalue weighted by atomic mass is 16.2. The average molecular weight is 439 g/mol. The molecule has 9 heteroatoms. The predicted octanol–water partition coefficient (Wildman–Crippen LogP) is 2.81. The molecule has 1 atom stereocenters. The van der Waals surface area contributed by atoms with Crippen LogP contribution in [0.4, 0.5) is 5.69 Å². The summed E-state index contributed by atoms with van der Waals surface area (Å²) in [5, 5.41) is 7.65. The summed E-state index contributed by atoms with van der Waals surface area (Å²) in [6.45, 7) is 3.54. The van der Waals surface area contributed by atoms with Crippen molar-refractivity contribution in [3.05, 3.63) is 94.4 Å². The molecule has 0 unspecified atom stereocenters. The summed E-state index contributed by atoms with van der Waals surface area (Å²) < 4.78 is 3.05. The summed E-state index contributed by atoms with van der Waals surface area (Å²) in [6.07, 6.45) is 3.34. The lowest BCUT2D eigenvalue weighted by molar-refractivity contribution is 0.0938. The molecule has 0 spiro atoms. The molecular formula is C24H21N7O2. The Morgan fingerprint density at radius 1 is 1.09 bits per heavy atom. The van der Waals surface area contributed by atoms with Gasteiger partial charge >= 0.3 is 0 Å². The van der Waals surface area contributed by atoms with Crippen molar-refractivity contribution in [2.75, 3.05) is 5.73 Å². The van der Waals surface area contributed by atoms with Gasteiger partial charge in [0.15, 0.2) is 5.65 Å². The highest BCUT2D eigenvalue weighted by Crippen LogP contribution is 2.22. The Kier molecular flexibility index (Phi) is 4.86. The molecule has 0 saturated carbocycles. The second-order valence-corrected chi connectivity index (χ2v) is 7.73. The number of carbonyl (C=O) groups excluding carboxylic acids is 1. The van der Waals surface area contributed by atoms with Crippen molar-refractivity contribution in [1.82, 2.24) is 29.5 Å². The van der Waals surface area contributed by atoms with Crippen LogP contribution in [0.5, 0.6) is 0 Å². The number of nitrogens with zero attached hydrogens (tertiary/aromatic N) is 5. The number of hydrogen-bond acceptors (Lipinski definition) is 6. The van der Waals surface area contributed by atoms with Crippen LogP contribution in [0.15, 0.2) is 71.8 Å². The Hall–Kier alpha value is -4.53. The molecule has 0 aliphatic carbocycles. The smallest absolute Gasteiger partial charge is 0.268 e. The lowest BCUT2D eigenvalue weighted by atomic mass is 10.1. The molecule has 1 amide bonds. The summed E-state index contributed by atoms with van der Waals surface area (Å²) in [4.78, 5) is 35.8. The van der Waals surface area contributed by atoms with Gasteiger partial charge in [-0.3, -0.25) is 14.2 Å². The Morgan fingerprint density at radius 2 is 1.88 bits per heavy atom. The molecule has 9 nitrogen and oxygen atoms in total. The summed E-state index contributed by atoms with van der Waals surface area (Å²) in [5.74, 6) is 0.0370. The first-order chi connectivity index (χ1) is 16.0. The number of aromatic nitrogens is 5. The lowest BCUT2D eigenvalue weighted by Crippen LogP contribution is -2.33. The van der Waals surface area contributed by atoms with Gasteiger partial charge in [-0.15, -0.1) is 0 Å². The standard InChI is InChI=1S/C24H21N7O2/c1-14-19(22-26-12-7-13-30(22)29-14)23(32)27-15(2)21-28-18-11-6-10-17(25)20(18)24(33)31(21)16-8-4-3-5-9-16/h3-13,15H,25H2,1-2H3,(H,27,32)/t15-/m1/s1. The molecule has 5 aromatic rings. The van der Waals surface area contributed by atoms with E-state index in [2.05, 4.69) is 15.4 Å². The molecule has 0 bridgehead atoms. The van der Waals surface area contributed by atoms with Crippen LogP contribution >= 0.6 is 0 Å². The highest BCUT2D eigenvalue weighted by Gasteiger charge is 2.24. The van der Waals surface area contributed by atoms with Crippen molar-refractivity contribution >= 4 is 28.1 Å². The van der Waals surface area contributed by atoms with Crippen molar-refractivity contribution in [2.45, 2.75) is 19.9 Å². The molecule has 33 heavy (non-hydrogen) atoms. The van der Waals surface area contributed by atoms with Crippen LogP contribution in [-0.2, 0) is 0 Å². The third kappa shape index (κ3) is 3.39. The monoisotopic (exact) mass is 439 g/mol. The van der Waals surface area contributed by atoms with E-state index in [4.69, 9.17) is 10.7 Å². The molecule has 3 heterocycles. The Balaban J connectivity index is 1.64. The number of aryl methyl sites for hydroxylation is 1. The van der Waals surface area contributed by atoms with E-state index in [0.717, 1.165) is 0 Å². The van der Waals surface area contributed by atoms with Crippen LogP contribution < -0.4 is 16.6 Å². The van der Waals surface area contributed by atoms with Gasteiger partial charge in [-0.25, -0.2) is 14.5 Å². The second kappa shape index (κ2) is 7.86. The Morgan fingerprint density at radius 3 is 2.67 bits per heavy atom. The van der Waals surface area contributed by atoms with Crippen molar-refractivity contribution in [1.29, 1.82) is 0 Å². The molecule has 3 N–H and O–H groups in total. The molecule has 3 aromatic heterocycles. The maximum Gasteiger partial charge on any atom is 0.268 e. The molecule has 0 aliphatic rings.